The molecule has 1 N–H and O–H groups in total. The summed E-state index contributed by atoms with van der Waals surface area (Å²) in [6, 6.07) is 6.42. The fourth-order valence-corrected chi connectivity index (χ4v) is 5.21. The van der Waals surface area contributed by atoms with Crippen LogP contribution >= 0.6 is 11.5 Å². The Bertz CT molecular complexity index is 959. The van der Waals surface area contributed by atoms with Gasteiger partial charge in [0.2, 0.25) is 11.0 Å². The van der Waals surface area contributed by atoms with Gasteiger partial charge in [0.25, 0.3) is 6.47 Å². The summed E-state index contributed by atoms with van der Waals surface area (Å²) in [4.78, 5) is 16.8. The Labute approximate surface area is 195 Å². The molecule has 2 saturated carbocycles. The summed E-state index contributed by atoms with van der Waals surface area (Å²) in [6.45, 7) is 5.65. The summed E-state index contributed by atoms with van der Waals surface area (Å²) in [6.07, 6.45) is 1.81. The lowest BCUT2D eigenvalue weighted by Crippen LogP contribution is -2.39. The lowest BCUT2D eigenvalue weighted by Gasteiger charge is -2.38. The van der Waals surface area contributed by atoms with Crippen molar-refractivity contribution in [2.45, 2.75) is 76.6 Å². The molecule has 0 bridgehead atoms. The maximum Gasteiger partial charge on any atom is 0.452 e. The van der Waals surface area contributed by atoms with Crippen LogP contribution in [0.1, 0.15) is 69.7 Å². The monoisotopic (exact) mass is 482 g/mol. The Morgan fingerprint density at radius 1 is 1.27 bits per heavy atom. The van der Waals surface area contributed by atoms with Crippen LogP contribution in [0, 0.1) is 5.92 Å². The summed E-state index contributed by atoms with van der Waals surface area (Å²) in [5.41, 5.74) is 2.65. The molecule has 10 heteroatoms. The number of ether oxygens (including phenoxy) is 1. The first-order chi connectivity index (χ1) is 15.8. The van der Waals surface area contributed by atoms with Crippen molar-refractivity contribution in [1.82, 2.24) is 9.36 Å². The number of hydrogen-bond donors (Lipinski definition) is 1. The van der Waals surface area contributed by atoms with E-state index in [-0.39, 0.29) is 17.2 Å². The number of nitrogens with one attached hydrogen (secondary N) is 1. The van der Waals surface area contributed by atoms with Crippen molar-refractivity contribution in [3.8, 4) is 0 Å². The Morgan fingerprint density at radius 2 is 2.03 bits per heavy atom. The van der Waals surface area contributed by atoms with Crippen LogP contribution in [0.25, 0.3) is 0 Å². The van der Waals surface area contributed by atoms with Crippen molar-refractivity contribution in [1.29, 1.82) is 0 Å². The van der Waals surface area contributed by atoms with Crippen molar-refractivity contribution in [2.75, 3.05) is 16.8 Å². The quantitative estimate of drug-likeness (QED) is 0.434. The van der Waals surface area contributed by atoms with Crippen LogP contribution in [0.3, 0.4) is 0 Å². The molecular formula is C23H29F3N4O2S. The molecule has 2 aliphatic carbocycles. The predicted molar refractivity (Wildman–Crippen MR) is 122 cm³/mol. The molecule has 180 valence electrons. The SMILES string of the molecule is CC(C)CN(c1ccc(C2CC2OC=O)cc1Nc1nc(C(F)(F)F)ns1)C1CCCCC1. The van der Waals surface area contributed by atoms with Crippen molar-refractivity contribution in [3.63, 3.8) is 0 Å². The number of anilines is 3. The van der Waals surface area contributed by atoms with Crippen LogP contribution in [0.15, 0.2) is 18.2 Å². The van der Waals surface area contributed by atoms with Crippen molar-refractivity contribution >= 4 is 34.5 Å². The van der Waals surface area contributed by atoms with Gasteiger partial charge in [-0.1, -0.05) is 39.2 Å². The van der Waals surface area contributed by atoms with Gasteiger partial charge in [0.05, 0.1) is 11.4 Å². The molecule has 1 aromatic carbocycles. The van der Waals surface area contributed by atoms with Gasteiger partial charge in [-0.3, -0.25) is 4.79 Å². The predicted octanol–water partition coefficient (Wildman–Crippen LogP) is 6.12. The molecule has 0 aliphatic heterocycles. The minimum absolute atomic E-state index is 0.0955. The van der Waals surface area contributed by atoms with Gasteiger partial charge in [-0.05, 0) is 42.9 Å². The highest BCUT2D eigenvalue weighted by Crippen LogP contribution is 2.46. The molecule has 2 fully saturated rings. The van der Waals surface area contributed by atoms with E-state index in [4.69, 9.17) is 4.74 Å². The van der Waals surface area contributed by atoms with Gasteiger partial charge in [0.15, 0.2) is 0 Å². The second kappa shape index (κ2) is 9.87. The molecule has 4 rings (SSSR count). The third-order valence-electron chi connectivity index (χ3n) is 6.22. The highest BCUT2D eigenvalue weighted by molar-refractivity contribution is 7.09. The lowest BCUT2D eigenvalue weighted by molar-refractivity contribution is -0.144. The first-order valence-electron chi connectivity index (χ1n) is 11.4. The van der Waals surface area contributed by atoms with Crippen molar-refractivity contribution in [3.05, 3.63) is 29.6 Å². The maximum absolute atomic E-state index is 13.0. The maximum atomic E-state index is 13.0. The number of aromatic nitrogens is 2. The number of hydrogen-bond acceptors (Lipinski definition) is 7. The van der Waals surface area contributed by atoms with Gasteiger partial charge in [-0.2, -0.15) is 22.5 Å². The zero-order chi connectivity index (χ0) is 23.6. The first-order valence-corrected chi connectivity index (χ1v) is 12.2. The van der Waals surface area contributed by atoms with Gasteiger partial charge < -0.3 is 15.0 Å². The lowest BCUT2D eigenvalue weighted by atomic mass is 9.92. The van der Waals surface area contributed by atoms with Crippen LogP contribution in [-0.4, -0.2) is 34.5 Å². The Hall–Kier alpha value is -2.36. The molecule has 2 aliphatic rings. The molecule has 2 aromatic rings. The highest BCUT2D eigenvalue weighted by atomic mass is 32.1. The summed E-state index contributed by atoms with van der Waals surface area (Å²) in [7, 11) is 0. The first kappa shape index (κ1) is 23.8. The molecule has 0 amide bonds. The number of rotatable bonds is 9. The summed E-state index contributed by atoms with van der Waals surface area (Å²) in [5, 5.41) is 3.22. The van der Waals surface area contributed by atoms with E-state index in [0.717, 1.165) is 37.1 Å². The largest absolute Gasteiger partial charge is 0.464 e. The average molecular weight is 483 g/mol. The van der Waals surface area contributed by atoms with E-state index >= 15 is 0 Å². The minimum Gasteiger partial charge on any atom is -0.464 e. The zero-order valence-corrected chi connectivity index (χ0v) is 19.6. The summed E-state index contributed by atoms with van der Waals surface area (Å²) >= 11 is 0.698. The highest BCUT2D eigenvalue weighted by Gasteiger charge is 2.41. The standard InChI is InChI=1S/C23H29F3N4O2S/c1-14(2)12-30(16-6-4-3-5-7-16)19-9-8-15(17-11-20(17)32-13-31)10-18(19)27-22-28-21(29-33-22)23(24,25)26/h8-10,13-14,16-17,20H,3-7,11-12H2,1-2H3,(H,27,28,29). The van der Waals surface area contributed by atoms with Gasteiger partial charge in [0.1, 0.15) is 6.10 Å². The van der Waals surface area contributed by atoms with Crippen LogP contribution in [-0.2, 0) is 15.7 Å². The van der Waals surface area contributed by atoms with E-state index in [2.05, 4.69) is 33.4 Å². The van der Waals surface area contributed by atoms with Gasteiger partial charge >= 0.3 is 6.18 Å². The fourth-order valence-electron chi connectivity index (χ4n) is 4.61. The normalized spacial score (nSPS) is 21.2. The van der Waals surface area contributed by atoms with E-state index in [9.17, 15) is 18.0 Å². The molecule has 0 radical (unpaired) electrons. The number of halogens is 3. The van der Waals surface area contributed by atoms with Crippen LogP contribution in [0.2, 0.25) is 0 Å². The molecule has 1 aromatic heterocycles. The number of carbonyl (C=O) groups excluding carboxylic acids is 1. The fraction of sp³-hybridized carbons (Fsp3) is 0.609. The molecule has 2 atom stereocenters. The molecule has 0 spiro atoms. The number of alkyl halides is 3. The van der Waals surface area contributed by atoms with Crippen molar-refractivity contribution < 1.29 is 22.7 Å². The van der Waals surface area contributed by atoms with Gasteiger partial charge in [-0.25, -0.2) is 0 Å². The van der Waals surface area contributed by atoms with E-state index in [0.29, 0.717) is 35.7 Å². The third kappa shape index (κ3) is 5.77. The van der Waals surface area contributed by atoms with Gasteiger partial charge in [0, 0.05) is 30.0 Å². The van der Waals surface area contributed by atoms with Crippen molar-refractivity contribution in [2.24, 2.45) is 5.92 Å². The van der Waals surface area contributed by atoms with E-state index in [1.165, 1.54) is 19.3 Å². The summed E-state index contributed by atoms with van der Waals surface area (Å²) in [5.74, 6) is -0.620. The smallest absolute Gasteiger partial charge is 0.452 e. The molecule has 0 saturated heterocycles. The second-order valence-electron chi connectivity index (χ2n) is 9.27. The molecule has 2 unspecified atom stereocenters. The summed E-state index contributed by atoms with van der Waals surface area (Å²) < 4.78 is 47.7. The zero-order valence-electron chi connectivity index (χ0n) is 18.8. The Kier molecular flexibility index (Phi) is 7.11. The van der Waals surface area contributed by atoms with E-state index < -0.39 is 12.0 Å². The van der Waals surface area contributed by atoms with Crippen LogP contribution in [0.4, 0.5) is 29.7 Å². The average Bonchev–Trinajstić information content (AvgIpc) is 3.37. The molecule has 6 nitrogen and oxygen atoms in total. The van der Waals surface area contributed by atoms with Crippen LogP contribution < -0.4 is 10.2 Å². The Morgan fingerprint density at radius 3 is 2.67 bits per heavy atom. The molecule has 1 heterocycles. The topological polar surface area (TPSA) is 67.3 Å². The number of benzene rings is 1. The van der Waals surface area contributed by atoms with E-state index in [1.54, 1.807) is 0 Å². The molecular weight excluding hydrogens is 453 g/mol. The number of carbonyl (C=O) groups is 1. The third-order valence-corrected chi connectivity index (χ3v) is 6.85. The van der Waals surface area contributed by atoms with Gasteiger partial charge in [-0.15, -0.1) is 0 Å². The Balaban J connectivity index is 1.68. The number of nitrogens with zero attached hydrogens (tertiary/aromatic N) is 3. The van der Waals surface area contributed by atoms with E-state index in [1.807, 2.05) is 18.2 Å². The molecule has 33 heavy (non-hydrogen) atoms. The second-order valence-corrected chi connectivity index (χ2v) is 10.0. The van der Waals surface area contributed by atoms with Crippen LogP contribution in [0.5, 0.6) is 0 Å². The minimum atomic E-state index is -4.58.